The van der Waals surface area contributed by atoms with Crippen LogP contribution in [0, 0.1) is 0 Å². The van der Waals surface area contributed by atoms with Crippen molar-refractivity contribution >= 4 is 23.4 Å². The Morgan fingerprint density at radius 1 is 1.25 bits per heavy atom. The molecular weight excluding hydrogens is 447 g/mol. The van der Waals surface area contributed by atoms with E-state index in [0.717, 1.165) is 6.07 Å². The van der Waals surface area contributed by atoms with Gasteiger partial charge < -0.3 is 15.6 Å². The van der Waals surface area contributed by atoms with Gasteiger partial charge in [0, 0.05) is 18.5 Å². The van der Waals surface area contributed by atoms with Gasteiger partial charge in [-0.3, -0.25) is 4.90 Å². The summed E-state index contributed by atoms with van der Waals surface area (Å²) in [7, 11) is 0. The third-order valence-corrected chi connectivity index (χ3v) is 4.57. The summed E-state index contributed by atoms with van der Waals surface area (Å²) in [5.41, 5.74) is 0.150. The number of aliphatic hydroxyl groups is 1. The van der Waals surface area contributed by atoms with E-state index in [-0.39, 0.29) is 24.8 Å². The van der Waals surface area contributed by atoms with Crippen molar-refractivity contribution in [3.63, 3.8) is 0 Å². The number of carbonyl (C=O) groups is 1. The Balaban J connectivity index is 0. The number of hydrogen-bond donors (Lipinski definition) is 2. The number of aromatic nitrogens is 1. The van der Waals surface area contributed by atoms with Gasteiger partial charge in [0.15, 0.2) is 5.15 Å². The van der Waals surface area contributed by atoms with Crippen molar-refractivity contribution in [2.24, 2.45) is 5.73 Å². The Labute approximate surface area is 195 Å². The molecule has 1 aromatic heterocycles. The number of alkyl halides is 3. The van der Waals surface area contributed by atoms with Crippen LogP contribution >= 0.6 is 11.6 Å². The first-order valence-corrected chi connectivity index (χ1v) is 10.6. The normalized spacial score (nSPS) is 16.3. The predicted molar refractivity (Wildman–Crippen MR) is 124 cm³/mol. The lowest BCUT2D eigenvalue weighted by atomic mass is 9.85. The largest absolute Gasteiger partial charge is 0.443 e. The number of rotatable bonds is 2. The summed E-state index contributed by atoms with van der Waals surface area (Å²) in [4.78, 5) is 17.5. The second-order valence-electron chi connectivity index (χ2n) is 8.21. The molecule has 0 radical (unpaired) electrons. The van der Waals surface area contributed by atoms with E-state index in [1.54, 1.807) is 34.6 Å². The Morgan fingerprint density at radius 3 is 2.09 bits per heavy atom. The number of fused-ring (bicyclic) bond motifs is 1. The van der Waals surface area contributed by atoms with E-state index >= 15 is 0 Å². The number of halogens is 4. The lowest BCUT2D eigenvalue weighted by Gasteiger charge is -2.30. The van der Waals surface area contributed by atoms with Crippen molar-refractivity contribution in [3.05, 3.63) is 22.5 Å². The van der Waals surface area contributed by atoms with Crippen LogP contribution in [0.3, 0.4) is 0 Å². The van der Waals surface area contributed by atoms with Crippen molar-refractivity contribution in [2.45, 2.75) is 92.5 Å². The zero-order valence-electron chi connectivity index (χ0n) is 19.7. The second-order valence-corrected chi connectivity index (χ2v) is 8.57. The molecular formula is C22H39ClF3N3O3. The number of ether oxygens (including phenoxy) is 1. The van der Waals surface area contributed by atoms with Gasteiger partial charge in [0.25, 0.3) is 0 Å². The molecule has 0 fully saturated rings. The minimum absolute atomic E-state index is 0. The third kappa shape index (κ3) is 6.71. The highest BCUT2D eigenvalue weighted by molar-refractivity contribution is 6.33. The van der Waals surface area contributed by atoms with E-state index in [2.05, 4.69) is 4.98 Å². The first kappa shape index (κ1) is 32.6. The number of hydrogen-bond acceptors (Lipinski definition) is 5. The number of nitrogens with two attached hydrogens (primary N) is 1. The molecule has 0 saturated heterocycles. The molecule has 3 N–H and O–H groups in total. The quantitative estimate of drug-likeness (QED) is 0.489. The molecule has 1 aliphatic heterocycles. The molecule has 0 bridgehead atoms. The maximum Gasteiger partial charge on any atom is 0.424 e. The fraction of sp³-hybridized carbons (Fsp3) is 0.727. The molecule has 6 nitrogen and oxygen atoms in total. The van der Waals surface area contributed by atoms with E-state index < -0.39 is 41.1 Å². The Kier molecular flexibility index (Phi) is 11.7. The second kappa shape index (κ2) is 11.5. The topological polar surface area (TPSA) is 88.7 Å². The molecule has 0 aliphatic carbocycles. The smallest absolute Gasteiger partial charge is 0.424 e. The summed E-state index contributed by atoms with van der Waals surface area (Å²) in [6.07, 6.45) is -5.73. The van der Waals surface area contributed by atoms with Gasteiger partial charge in [-0.05, 0) is 32.4 Å². The first-order valence-electron chi connectivity index (χ1n) is 10.2. The van der Waals surface area contributed by atoms with E-state index in [0.29, 0.717) is 5.56 Å². The van der Waals surface area contributed by atoms with Gasteiger partial charge in [-0.15, -0.1) is 0 Å². The lowest BCUT2D eigenvalue weighted by molar-refractivity contribution is -0.263. The summed E-state index contributed by atoms with van der Waals surface area (Å²) < 4.78 is 45.4. The third-order valence-electron chi connectivity index (χ3n) is 4.30. The number of pyridine rings is 1. The van der Waals surface area contributed by atoms with Gasteiger partial charge in [-0.2, -0.15) is 13.2 Å². The van der Waals surface area contributed by atoms with Crippen molar-refractivity contribution in [2.75, 3.05) is 18.0 Å². The van der Waals surface area contributed by atoms with Gasteiger partial charge in [-0.25, -0.2) is 9.78 Å². The predicted octanol–water partition coefficient (Wildman–Crippen LogP) is 6.16. The first-order chi connectivity index (χ1) is 14.0. The molecule has 1 atom stereocenters. The molecule has 0 spiro atoms. The number of anilines is 1. The van der Waals surface area contributed by atoms with Gasteiger partial charge in [0.05, 0.1) is 11.4 Å². The maximum absolute atomic E-state index is 13.4. The van der Waals surface area contributed by atoms with Gasteiger partial charge in [0.2, 0.25) is 5.60 Å². The van der Waals surface area contributed by atoms with Gasteiger partial charge >= 0.3 is 12.3 Å². The minimum Gasteiger partial charge on any atom is -0.443 e. The molecule has 10 heteroatoms. The fourth-order valence-electron chi connectivity index (χ4n) is 2.89. The van der Waals surface area contributed by atoms with Crippen LogP contribution in [0.15, 0.2) is 6.07 Å². The standard InChI is InChI=1S/C17H23ClF3N3O3.2C2H6.CH4/c1-14(2,3)27-13(25)24-8-15(4,5)9-6-10(23-12(18)11(9)24)16(26,7-22)17(19,20)21;2*1-2;/h6,26H,7-8,22H2,1-5H3;2*1-2H3;1H4. The van der Waals surface area contributed by atoms with Crippen molar-refractivity contribution in [3.8, 4) is 0 Å². The zero-order chi connectivity index (χ0) is 25.0. The summed E-state index contributed by atoms with van der Waals surface area (Å²) in [5, 5.41) is 9.77. The molecule has 1 unspecified atom stereocenters. The van der Waals surface area contributed by atoms with Crippen molar-refractivity contribution in [1.29, 1.82) is 0 Å². The lowest BCUT2D eigenvalue weighted by Crippen LogP contribution is -2.49. The van der Waals surface area contributed by atoms with Crippen LogP contribution < -0.4 is 10.6 Å². The minimum atomic E-state index is -5.04. The summed E-state index contributed by atoms with van der Waals surface area (Å²) in [6.45, 7) is 15.6. The van der Waals surface area contributed by atoms with Crippen LogP contribution in [0.2, 0.25) is 5.15 Å². The zero-order valence-corrected chi connectivity index (χ0v) is 20.5. The Hall–Kier alpha value is -1.58. The van der Waals surface area contributed by atoms with Crippen LogP contribution in [0.4, 0.5) is 23.7 Å². The van der Waals surface area contributed by atoms with Crippen molar-refractivity contribution < 1.29 is 27.8 Å². The fourth-order valence-corrected chi connectivity index (χ4v) is 3.18. The SMILES string of the molecule is C.CC.CC.CC(C)(C)OC(=O)N1CC(C)(C)c2cc(C(O)(CN)C(F)(F)F)nc(Cl)c21. The highest BCUT2D eigenvalue weighted by Crippen LogP contribution is 2.47. The highest BCUT2D eigenvalue weighted by Gasteiger charge is 2.56. The molecule has 0 aromatic carbocycles. The van der Waals surface area contributed by atoms with Crippen LogP contribution in [-0.4, -0.2) is 41.1 Å². The van der Waals surface area contributed by atoms with E-state index in [1.807, 2.05) is 27.7 Å². The molecule has 1 aliphatic rings. The number of nitrogens with zero attached hydrogens (tertiary/aromatic N) is 2. The average molecular weight is 486 g/mol. The molecule has 32 heavy (non-hydrogen) atoms. The summed E-state index contributed by atoms with van der Waals surface area (Å²) >= 11 is 6.15. The van der Waals surface area contributed by atoms with E-state index in [4.69, 9.17) is 22.1 Å². The monoisotopic (exact) mass is 485 g/mol. The number of amides is 1. The molecule has 1 aromatic rings. The molecule has 0 saturated carbocycles. The Morgan fingerprint density at radius 2 is 1.72 bits per heavy atom. The maximum atomic E-state index is 13.4. The molecule has 2 heterocycles. The van der Waals surface area contributed by atoms with E-state index in [9.17, 15) is 23.1 Å². The van der Waals surface area contributed by atoms with Crippen LogP contribution in [0.25, 0.3) is 0 Å². The highest BCUT2D eigenvalue weighted by atomic mass is 35.5. The van der Waals surface area contributed by atoms with Gasteiger partial charge in [-0.1, -0.05) is 60.6 Å². The van der Waals surface area contributed by atoms with Crippen LogP contribution in [0.1, 0.15) is 81.0 Å². The number of carbonyl (C=O) groups excluding carboxylic acids is 1. The summed E-state index contributed by atoms with van der Waals surface area (Å²) in [5.74, 6) is 0. The average Bonchev–Trinajstić information content (AvgIpc) is 2.94. The van der Waals surface area contributed by atoms with Gasteiger partial charge in [0.1, 0.15) is 5.60 Å². The Bertz CT molecular complexity index is 765. The molecule has 188 valence electrons. The molecule has 2 rings (SSSR count). The van der Waals surface area contributed by atoms with Crippen LogP contribution in [-0.2, 0) is 15.8 Å². The summed E-state index contributed by atoms with van der Waals surface area (Å²) in [6, 6.07) is 1.10. The van der Waals surface area contributed by atoms with E-state index in [1.165, 1.54) is 4.90 Å². The molecule has 1 amide bonds. The van der Waals surface area contributed by atoms with Crippen LogP contribution in [0.5, 0.6) is 0 Å². The van der Waals surface area contributed by atoms with Crippen molar-refractivity contribution in [1.82, 2.24) is 4.98 Å².